The van der Waals surface area contributed by atoms with Crippen LogP contribution >= 0.6 is 0 Å². The average Bonchev–Trinajstić information content (AvgIpc) is 2.68. The van der Waals surface area contributed by atoms with Crippen LogP contribution in [-0.4, -0.2) is 25.1 Å². The number of fused-ring (bicyclic) bond motifs is 2. The van der Waals surface area contributed by atoms with Crippen LogP contribution in [0.15, 0.2) is 66.7 Å². The van der Waals surface area contributed by atoms with E-state index in [2.05, 4.69) is 84.8 Å². The van der Waals surface area contributed by atoms with Crippen molar-refractivity contribution in [2.24, 2.45) is 0 Å². The summed E-state index contributed by atoms with van der Waals surface area (Å²) in [5, 5.41) is 2.60. The molecule has 2 nitrogen and oxygen atoms in total. The summed E-state index contributed by atoms with van der Waals surface area (Å²) >= 11 is 0. The van der Waals surface area contributed by atoms with E-state index in [-0.39, 0.29) is 0 Å². The van der Waals surface area contributed by atoms with E-state index in [0.717, 1.165) is 38.3 Å². The third kappa shape index (κ3) is 3.81. The molecule has 0 spiro atoms. The second-order valence-electron chi connectivity index (χ2n) is 7.06. The van der Waals surface area contributed by atoms with Crippen molar-refractivity contribution in [1.29, 1.82) is 0 Å². The molecule has 4 rings (SSSR count). The third-order valence-electron chi connectivity index (χ3n) is 4.97. The van der Waals surface area contributed by atoms with Crippen molar-refractivity contribution in [3.63, 3.8) is 0 Å². The number of ether oxygens (including phenoxy) is 1. The Morgan fingerprint density at radius 1 is 1.04 bits per heavy atom. The minimum absolute atomic E-state index is 0.847. The Morgan fingerprint density at radius 2 is 1.92 bits per heavy atom. The fourth-order valence-corrected chi connectivity index (χ4v) is 3.61. The molecule has 0 unspecified atom stereocenters. The highest BCUT2D eigenvalue weighted by Crippen LogP contribution is 2.26. The maximum Gasteiger partial charge on any atom is 0.122 e. The second kappa shape index (κ2) is 7.76. The van der Waals surface area contributed by atoms with Crippen LogP contribution in [-0.2, 0) is 13.0 Å². The maximum absolute atomic E-state index is 5.79. The first kappa shape index (κ1) is 16.9. The normalized spacial score (nSPS) is 13.9. The van der Waals surface area contributed by atoms with Gasteiger partial charge in [-0.3, -0.25) is 4.90 Å². The summed E-state index contributed by atoms with van der Waals surface area (Å²) in [6.45, 7) is 2.69. The van der Waals surface area contributed by atoms with Crippen molar-refractivity contribution >= 4 is 16.8 Å². The first-order chi connectivity index (χ1) is 12.8. The number of aryl methyl sites for hydroxylation is 1. The van der Waals surface area contributed by atoms with Crippen LogP contribution in [0.3, 0.4) is 0 Å². The van der Waals surface area contributed by atoms with E-state index in [4.69, 9.17) is 4.74 Å². The predicted octanol–water partition coefficient (Wildman–Crippen LogP) is 5.31. The van der Waals surface area contributed by atoms with Crippen LogP contribution in [0.4, 0.5) is 0 Å². The van der Waals surface area contributed by atoms with Crippen molar-refractivity contribution in [3.8, 4) is 5.75 Å². The topological polar surface area (TPSA) is 12.5 Å². The number of benzene rings is 3. The highest BCUT2D eigenvalue weighted by Gasteiger charge is 2.11. The minimum Gasteiger partial charge on any atom is -0.493 e. The van der Waals surface area contributed by atoms with Crippen molar-refractivity contribution < 1.29 is 4.74 Å². The van der Waals surface area contributed by atoms with Crippen LogP contribution in [0.25, 0.3) is 16.8 Å². The first-order valence-electron chi connectivity index (χ1n) is 9.37. The van der Waals surface area contributed by atoms with Crippen LogP contribution in [0, 0.1) is 0 Å². The lowest BCUT2D eigenvalue weighted by molar-refractivity contribution is 0.287. The molecule has 26 heavy (non-hydrogen) atoms. The molecule has 0 amide bonds. The molecule has 0 saturated carbocycles. The Balaban J connectivity index is 1.40. The summed E-state index contributed by atoms with van der Waals surface area (Å²) in [7, 11) is 2.16. The van der Waals surface area contributed by atoms with Gasteiger partial charge >= 0.3 is 0 Å². The standard InChI is InChI=1S/C24H25NO/c1-25(18-19-13-14-22-11-6-16-26-24(22)17-19)15-5-10-21-9-4-8-20-7-2-3-12-23(20)21/h2-5,7-10,12-14,17H,6,11,15-16,18H2,1H3/b10-5+. The van der Waals surface area contributed by atoms with Crippen LogP contribution < -0.4 is 4.74 Å². The lowest BCUT2D eigenvalue weighted by Gasteiger charge is -2.20. The van der Waals surface area contributed by atoms with E-state index in [1.165, 1.54) is 27.5 Å². The van der Waals surface area contributed by atoms with E-state index >= 15 is 0 Å². The molecule has 1 aliphatic heterocycles. The highest BCUT2D eigenvalue weighted by molar-refractivity contribution is 5.90. The number of rotatable bonds is 5. The Labute approximate surface area is 155 Å². The lowest BCUT2D eigenvalue weighted by Crippen LogP contribution is -2.18. The van der Waals surface area contributed by atoms with Crippen molar-refractivity contribution in [2.75, 3.05) is 20.2 Å². The summed E-state index contributed by atoms with van der Waals surface area (Å²) in [5.41, 5.74) is 3.93. The fourth-order valence-electron chi connectivity index (χ4n) is 3.61. The van der Waals surface area contributed by atoms with Gasteiger partial charge in [-0.25, -0.2) is 0 Å². The van der Waals surface area contributed by atoms with Gasteiger partial charge in [0, 0.05) is 13.1 Å². The van der Waals surface area contributed by atoms with Gasteiger partial charge in [0.25, 0.3) is 0 Å². The molecule has 0 bridgehead atoms. The minimum atomic E-state index is 0.847. The molecule has 0 saturated heterocycles. The number of likely N-dealkylation sites (N-methyl/N-ethyl adjacent to an activating group) is 1. The highest BCUT2D eigenvalue weighted by atomic mass is 16.5. The van der Waals surface area contributed by atoms with E-state index in [0.29, 0.717) is 0 Å². The zero-order valence-electron chi connectivity index (χ0n) is 15.3. The average molecular weight is 343 g/mol. The predicted molar refractivity (Wildman–Crippen MR) is 110 cm³/mol. The molecular formula is C24H25NO. The molecule has 0 fully saturated rings. The van der Waals surface area contributed by atoms with E-state index in [1.54, 1.807) is 0 Å². The monoisotopic (exact) mass is 343 g/mol. The Hall–Kier alpha value is -2.58. The molecule has 0 atom stereocenters. The quantitative estimate of drug-likeness (QED) is 0.622. The van der Waals surface area contributed by atoms with Gasteiger partial charge in [0.05, 0.1) is 6.61 Å². The van der Waals surface area contributed by atoms with Crippen LogP contribution in [0.1, 0.15) is 23.1 Å². The Kier molecular flexibility index (Phi) is 5.03. The van der Waals surface area contributed by atoms with Gasteiger partial charge in [0.15, 0.2) is 0 Å². The molecule has 2 heteroatoms. The molecule has 0 aromatic heterocycles. The molecule has 3 aromatic carbocycles. The van der Waals surface area contributed by atoms with Crippen LogP contribution in [0.2, 0.25) is 0 Å². The molecular weight excluding hydrogens is 318 g/mol. The van der Waals surface area contributed by atoms with E-state index in [1.807, 2.05) is 0 Å². The number of hydrogen-bond donors (Lipinski definition) is 0. The summed E-state index contributed by atoms with van der Waals surface area (Å²) < 4.78 is 5.79. The van der Waals surface area contributed by atoms with Gasteiger partial charge in [-0.15, -0.1) is 0 Å². The molecule has 132 valence electrons. The molecule has 3 aromatic rings. The Bertz CT molecular complexity index is 923. The van der Waals surface area contributed by atoms with Crippen molar-refractivity contribution in [1.82, 2.24) is 4.90 Å². The lowest BCUT2D eigenvalue weighted by atomic mass is 10.0. The molecule has 0 N–H and O–H groups in total. The summed E-state index contributed by atoms with van der Waals surface area (Å²) in [6.07, 6.45) is 6.75. The number of hydrogen-bond acceptors (Lipinski definition) is 2. The SMILES string of the molecule is CN(C/C=C/c1cccc2ccccc12)Cc1ccc2c(c1)OCCC2. The zero-order valence-corrected chi connectivity index (χ0v) is 15.3. The summed E-state index contributed by atoms with van der Waals surface area (Å²) in [5.74, 6) is 1.08. The van der Waals surface area contributed by atoms with Crippen molar-refractivity contribution in [3.05, 3.63) is 83.4 Å². The molecule has 1 aliphatic rings. The molecule has 1 heterocycles. The van der Waals surface area contributed by atoms with Gasteiger partial charge in [-0.2, -0.15) is 0 Å². The first-order valence-corrected chi connectivity index (χ1v) is 9.37. The zero-order chi connectivity index (χ0) is 17.8. The summed E-state index contributed by atoms with van der Waals surface area (Å²) in [6, 6.07) is 21.7. The fraction of sp³-hybridized carbons (Fsp3) is 0.250. The van der Waals surface area contributed by atoms with Gasteiger partial charge in [0.2, 0.25) is 0 Å². The van der Waals surface area contributed by atoms with Gasteiger partial charge < -0.3 is 4.74 Å². The van der Waals surface area contributed by atoms with Gasteiger partial charge in [0.1, 0.15) is 5.75 Å². The molecule has 0 radical (unpaired) electrons. The largest absolute Gasteiger partial charge is 0.493 e. The van der Waals surface area contributed by atoms with E-state index < -0.39 is 0 Å². The van der Waals surface area contributed by atoms with E-state index in [9.17, 15) is 0 Å². The summed E-state index contributed by atoms with van der Waals surface area (Å²) in [4.78, 5) is 2.33. The van der Waals surface area contributed by atoms with Gasteiger partial charge in [-0.05, 0) is 53.4 Å². The number of nitrogens with zero attached hydrogens (tertiary/aromatic N) is 1. The molecule has 0 aliphatic carbocycles. The van der Waals surface area contributed by atoms with Gasteiger partial charge in [-0.1, -0.05) is 66.7 Å². The Morgan fingerprint density at radius 3 is 2.88 bits per heavy atom. The maximum atomic E-state index is 5.79. The van der Waals surface area contributed by atoms with Crippen LogP contribution in [0.5, 0.6) is 5.75 Å². The second-order valence-corrected chi connectivity index (χ2v) is 7.06. The van der Waals surface area contributed by atoms with Crippen molar-refractivity contribution in [2.45, 2.75) is 19.4 Å². The smallest absolute Gasteiger partial charge is 0.122 e. The third-order valence-corrected chi connectivity index (χ3v) is 4.97.